The van der Waals surface area contributed by atoms with Gasteiger partial charge in [-0.05, 0) is 83.5 Å². The molecule has 0 aromatic heterocycles. The molecule has 0 aliphatic rings. The number of carbonyl (C=O) groups excluding carboxylic acids is 3. The summed E-state index contributed by atoms with van der Waals surface area (Å²) >= 11 is 0. The highest BCUT2D eigenvalue weighted by molar-refractivity contribution is 5.71. The standard InChI is InChI=1S/C56H98O6/c1-4-7-10-13-16-19-22-25-27-28-29-32-34-37-40-43-46-49-55(58)61-52-53(51-60-54(57)48-45-42-39-36-33-30-24-21-18-15-12-9-6-3)62-56(59)50-47-44-41-38-35-31-26-23-20-17-14-11-8-5-2/h16,19,21,24-25,27,29,32,37,40,53H,4-15,17-18,20,22-23,26,28,30-31,33-36,38-39,41-52H2,1-3H3/b19-16+,24-21+,27-25+,32-29+,40-37+/t53-/m1/s1. The van der Waals surface area contributed by atoms with Gasteiger partial charge in [-0.15, -0.1) is 0 Å². The number of esters is 3. The van der Waals surface area contributed by atoms with Crippen LogP contribution in [0.15, 0.2) is 60.8 Å². The maximum Gasteiger partial charge on any atom is 0.306 e. The van der Waals surface area contributed by atoms with Crippen LogP contribution in [0.4, 0.5) is 0 Å². The van der Waals surface area contributed by atoms with Gasteiger partial charge in [-0.25, -0.2) is 0 Å². The van der Waals surface area contributed by atoms with Crippen molar-refractivity contribution in [3.8, 4) is 0 Å². The highest BCUT2D eigenvalue weighted by atomic mass is 16.6. The van der Waals surface area contributed by atoms with E-state index in [9.17, 15) is 14.4 Å². The van der Waals surface area contributed by atoms with Gasteiger partial charge >= 0.3 is 17.9 Å². The van der Waals surface area contributed by atoms with Crippen LogP contribution in [0.1, 0.15) is 258 Å². The third-order valence-corrected chi connectivity index (χ3v) is 11.2. The van der Waals surface area contributed by atoms with E-state index < -0.39 is 6.10 Å². The fourth-order valence-electron chi connectivity index (χ4n) is 7.25. The molecule has 1 atom stereocenters. The Morgan fingerprint density at radius 2 is 0.597 bits per heavy atom. The summed E-state index contributed by atoms with van der Waals surface area (Å²) in [5, 5.41) is 0. The molecule has 0 radical (unpaired) electrons. The number of hydrogen-bond acceptors (Lipinski definition) is 6. The lowest BCUT2D eigenvalue weighted by molar-refractivity contribution is -0.167. The number of carbonyl (C=O) groups is 3. The molecule has 0 heterocycles. The summed E-state index contributed by atoms with van der Waals surface area (Å²) in [5.41, 5.74) is 0. The zero-order valence-corrected chi connectivity index (χ0v) is 40.9. The van der Waals surface area contributed by atoms with Crippen molar-refractivity contribution >= 4 is 17.9 Å². The van der Waals surface area contributed by atoms with E-state index in [1.165, 1.54) is 141 Å². The molecule has 358 valence electrons. The van der Waals surface area contributed by atoms with Crippen LogP contribution in [0.3, 0.4) is 0 Å². The Hall–Kier alpha value is -2.89. The first kappa shape index (κ1) is 59.1. The lowest BCUT2D eigenvalue weighted by atomic mass is 10.0. The Labute approximate surface area is 383 Å². The quantitative estimate of drug-likeness (QED) is 0.0262. The van der Waals surface area contributed by atoms with Crippen LogP contribution < -0.4 is 0 Å². The Bertz CT molecular complexity index is 1130. The molecular formula is C56H98O6. The van der Waals surface area contributed by atoms with E-state index in [0.717, 1.165) is 70.6 Å². The Morgan fingerprint density at radius 1 is 0.323 bits per heavy atom. The van der Waals surface area contributed by atoms with E-state index in [1.54, 1.807) is 0 Å². The Kier molecular flexibility index (Phi) is 48.4. The molecule has 0 bridgehead atoms. The number of hydrogen-bond donors (Lipinski definition) is 0. The largest absolute Gasteiger partial charge is 0.462 e. The van der Waals surface area contributed by atoms with E-state index >= 15 is 0 Å². The van der Waals surface area contributed by atoms with E-state index in [2.05, 4.69) is 81.5 Å². The van der Waals surface area contributed by atoms with Crippen LogP contribution >= 0.6 is 0 Å². The van der Waals surface area contributed by atoms with Crippen molar-refractivity contribution in [2.24, 2.45) is 0 Å². The normalized spacial score (nSPS) is 12.5. The molecule has 0 aromatic rings. The van der Waals surface area contributed by atoms with Gasteiger partial charge in [-0.1, -0.05) is 216 Å². The molecule has 6 heteroatoms. The summed E-state index contributed by atoms with van der Waals surface area (Å²) in [6.45, 7) is 6.55. The minimum atomic E-state index is -0.796. The van der Waals surface area contributed by atoms with Crippen molar-refractivity contribution in [1.82, 2.24) is 0 Å². The molecule has 0 unspecified atom stereocenters. The first-order valence-electron chi connectivity index (χ1n) is 26.3. The van der Waals surface area contributed by atoms with E-state index in [0.29, 0.717) is 19.3 Å². The van der Waals surface area contributed by atoms with Crippen LogP contribution in [0.25, 0.3) is 0 Å². The van der Waals surface area contributed by atoms with Crippen molar-refractivity contribution in [3.63, 3.8) is 0 Å². The van der Waals surface area contributed by atoms with Crippen molar-refractivity contribution in [2.45, 2.75) is 264 Å². The summed E-state index contributed by atoms with van der Waals surface area (Å²) < 4.78 is 16.8. The van der Waals surface area contributed by atoms with Gasteiger partial charge in [-0.2, -0.15) is 0 Å². The van der Waals surface area contributed by atoms with Gasteiger partial charge in [0.15, 0.2) is 6.10 Å². The molecule has 6 nitrogen and oxygen atoms in total. The number of allylic oxidation sites excluding steroid dienone is 10. The highest BCUT2D eigenvalue weighted by Gasteiger charge is 2.19. The van der Waals surface area contributed by atoms with Gasteiger partial charge < -0.3 is 14.2 Å². The smallest absolute Gasteiger partial charge is 0.306 e. The van der Waals surface area contributed by atoms with Crippen LogP contribution in [-0.2, 0) is 28.6 Å². The molecule has 0 aromatic carbocycles. The van der Waals surface area contributed by atoms with Crippen LogP contribution in [-0.4, -0.2) is 37.2 Å². The molecule has 0 aliphatic heterocycles. The zero-order valence-electron chi connectivity index (χ0n) is 40.9. The van der Waals surface area contributed by atoms with E-state index in [4.69, 9.17) is 14.2 Å². The van der Waals surface area contributed by atoms with Crippen molar-refractivity contribution in [3.05, 3.63) is 60.8 Å². The van der Waals surface area contributed by atoms with E-state index in [1.807, 2.05) is 0 Å². The molecule has 62 heavy (non-hydrogen) atoms. The molecule has 0 aliphatic carbocycles. The summed E-state index contributed by atoms with van der Waals surface area (Å²) in [4.78, 5) is 38.0. The van der Waals surface area contributed by atoms with E-state index in [-0.39, 0.29) is 37.5 Å². The van der Waals surface area contributed by atoms with Gasteiger partial charge in [0.1, 0.15) is 13.2 Å². The van der Waals surface area contributed by atoms with Crippen LogP contribution in [0, 0.1) is 0 Å². The molecule has 0 spiro atoms. The molecular weight excluding hydrogens is 769 g/mol. The second-order valence-electron chi connectivity index (χ2n) is 17.4. The number of ether oxygens (including phenoxy) is 3. The lowest BCUT2D eigenvalue weighted by Gasteiger charge is -2.18. The van der Waals surface area contributed by atoms with Gasteiger partial charge in [-0.3, -0.25) is 14.4 Å². The van der Waals surface area contributed by atoms with Crippen LogP contribution in [0.5, 0.6) is 0 Å². The second kappa shape index (κ2) is 50.8. The van der Waals surface area contributed by atoms with Crippen molar-refractivity contribution in [2.75, 3.05) is 13.2 Å². The summed E-state index contributed by atoms with van der Waals surface area (Å²) in [5.74, 6) is -0.954. The van der Waals surface area contributed by atoms with Crippen molar-refractivity contribution in [1.29, 1.82) is 0 Å². The fraction of sp³-hybridized carbons (Fsp3) is 0.768. The van der Waals surface area contributed by atoms with Gasteiger partial charge in [0.25, 0.3) is 0 Å². The lowest BCUT2D eigenvalue weighted by Crippen LogP contribution is -2.30. The summed E-state index contributed by atoms with van der Waals surface area (Å²) in [6, 6.07) is 0. The van der Waals surface area contributed by atoms with Gasteiger partial charge in [0.05, 0.1) is 0 Å². The Balaban J connectivity index is 4.46. The molecule has 0 saturated heterocycles. The first-order valence-corrected chi connectivity index (χ1v) is 26.3. The predicted molar refractivity (Wildman–Crippen MR) is 265 cm³/mol. The minimum Gasteiger partial charge on any atom is -0.462 e. The van der Waals surface area contributed by atoms with Gasteiger partial charge in [0, 0.05) is 19.3 Å². The highest BCUT2D eigenvalue weighted by Crippen LogP contribution is 2.15. The Morgan fingerprint density at radius 3 is 1.03 bits per heavy atom. The monoisotopic (exact) mass is 867 g/mol. The number of unbranched alkanes of at least 4 members (excludes halogenated alkanes) is 26. The molecule has 0 saturated carbocycles. The second-order valence-corrected chi connectivity index (χ2v) is 17.4. The maximum absolute atomic E-state index is 12.8. The molecule has 0 rings (SSSR count). The van der Waals surface area contributed by atoms with Crippen LogP contribution in [0.2, 0.25) is 0 Å². The molecule has 0 N–H and O–H groups in total. The third kappa shape index (κ3) is 48.1. The average molecular weight is 867 g/mol. The predicted octanol–water partition coefficient (Wildman–Crippen LogP) is 17.3. The maximum atomic E-state index is 12.8. The topological polar surface area (TPSA) is 78.9 Å². The van der Waals surface area contributed by atoms with Crippen molar-refractivity contribution < 1.29 is 28.6 Å². The average Bonchev–Trinajstić information content (AvgIpc) is 3.27. The zero-order chi connectivity index (χ0) is 45.1. The SMILES string of the molecule is CCCCC/C=C/C/C=C/C/C=C/C/C=C/CCCC(=O)OC[C@@H](COC(=O)CCCCCCC/C=C/CCCCCC)OC(=O)CCCCCCCCCCCCCCCC. The minimum absolute atomic E-state index is 0.0937. The fourth-order valence-corrected chi connectivity index (χ4v) is 7.25. The number of rotatable bonds is 47. The molecule has 0 amide bonds. The summed E-state index contributed by atoms with van der Waals surface area (Å²) in [7, 11) is 0. The molecule has 0 fully saturated rings. The van der Waals surface area contributed by atoms with Gasteiger partial charge in [0.2, 0.25) is 0 Å². The summed E-state index contributed by atoms with van der Waals surface area (Å²) in [6.07, 6.45) is 62.0. The third-order valence-electron chi connectivity index (χ3n) is 11.2. The first-order chi connectivity index (χ1) is 30.5.